The molecule has 0 heterocycles. The number of halogens is 6. The third-order valence-corrected chi connectivity index (χ3v) is 18.5. The van der Waals surface area contributed by atoms with Gasteiger partial charge in [0.25, 0.3) is 15.0 Å². The van der Waals surface area contributed by atoms with Crippen LogP contribution in [0.1, 0.15) is 11.1 Å². The van der Waals surface area contributed by atoms with Gasteiger partial charge in [0, 0.05) is 0 Å². The molecule has 9 aromatic carbocycles. The van der Waals surface area contributed by atoms with Gasteiger partial charge in [0.05, 0.1) is 26.7 Å². The van der Waals surface area contributed by atoms with E-state index in [0.29, 0.717) is 0 Å². The van der Waals surface area contributed by atoms with Crippen LogP contribution in [0.25, 0.3) is 0 Å². The van der Waals surface area contributed by atoms with Gasteiger partial charge in [0.2, 0.25) is 0 Å². The molecule has 0 N–H and O–H groups in total. The summed E-state index contributed by atoms with van der Waals surface area (Å²) in [5.41, 5.74) is -3.32. The van der Waals surface area contributed by atoms with Gasteiger partial charge >= 0.3 is 12.4 Å². The first-order valence-electron chi connectivity index (χ1n) is 22.0. The average Bonchev–Trinajstić information content (AvgIpc) is 3.39. The maximum Gasteiger partial charge on any atom is 0.416 e. The minimum absolute atomic E-state index is 0.141. The smallest absolute Gasteiger partial charge is 0.416 e. The van der Waals surface area contributed by atoms with E-state index in [1.54, 1.807) is 0 Å². The Morgan fingerprint density at radius 2 is 0.583 bits per heavy atom. The maximum atomic E-state index is 12.3. The van der Waals surface area contributed by atoms with Crippen LogP contribution in [0.3, 0.4) is 0 Å². The fourth-order valence-corrected chi connectivity index (χ4v) is 14.9. The lowest BCUT2D eigenvalue weighted by Gasteiger charge is -2.27. The van der Waals surface area contributed by atoms with Crippen LogP contribution in [0.2, 0.25) is 0 Å². The standard InChI is InChI=1S/2C24H19OPS.C8H3BF6O3/c2*27-24-19-11-10-18-23(24)25-26(20-12-4-1-5-13-20,21-14-6-2-7-15-21)22-16-8-3-9-17-22;10-7(11,12)4-1-5(8(13,14)15)3-6(2-4)18-9(16)17/h2*1-19H;1-3H/q;;-2/p+2. The number of thiol groups is 2. The average molecular weight is 1050 g/mol. The molecule has 9 rings (SSSR count). The molecule has 0 aliphatic heterocycles. The lowest BCUT2D eigenvalue weighted by Crippen LogP contribution is -2.50. The molecule has 0 radical (unpaired) electrons. The van der Waals surface area contributed by atoms with Gasteiger partial charge in [0.1, 0.15) is 39.1 Å². The third kappa shape index (κ3) is 13.1. The van der Waals surface area contributed by atoms with Gasteiger partial charge in [-0.15, -0.1) is 25.3 Å². The summed E-state index contributed by atoms with van der Waals surface area (Å²) in [4.78, 5) is 1.68. The van der Waals surface area contributed by atoms with Crippen molar-refractivity contribution in [2.75, 3.05) is 0 Å². The van der Waals surface area contributed by atoms with Crippen molar-refractivity contribution in [3.8, 4) is 17.2 Å². The molecule has 16 heteroatoms. The van der Waals surface area contributed by atoms with Crippen molar-refractivity contribution in [1.82, 2.24) is 0 Å². The van der Waals surface area contributed by atoms with Crippen LogP contribution in [-0.2, 0) is 12.4 Å². The first kappa shape index (κ1) is 53.3. The Kier molecular flexibility index (Phi) is 18.0. The topological polar surface area (TPSA) is 73.8 Å². The molecule has 0 saturated carbocycles. The molecule has 0 aliphatic rings. The largest absolute Gasteiger partial charge is 0.860 e. The van der Waals surface area contributed by atoms with Crippen LogP contribution < -0.4 is 55.6 Å². The van der Waals surface area contributed by atoms with E-state index in [4.69, 9.17) is 9.05 Å². The molecule has 0 bridgehead atoms. The Morgan fingerprint density at radius 3 is 0.806 bits per heavy atom. The van der Waals surface area contributed by atoms with E-state index in [-0.39, 0.29) is 18.2 Å². The normalized spacial score (nSPS) is 11.5. The van der Waals surface area contributed by atoms with Gasteiger partial charge in [-0.25, -0.2) is 0 Å². The van der Waals surface area contributed by atoms with Gasteiger partial charge in [-0.1, -0.05) is 133 Å². The van der Waals surface area contributed by atoms with Gasteiger partial charge < -0.3 is 23.7 Å². The predicted octanol–water partition coefficient (Wildman–Crippen LogP) is 11.3. The minimum atomic E-state index is -5.05. The lowest BCUT2D eigenvalue weighted by atomic mass is 10.1. The monoisotopic (exact) mass is 1050 g/mol. The molecule has 0 atom stereocenters. The Labute approximate surface area is 426 Å². The Morgan fingerprint density at radius 1 is 0.347 bits per heavy atom. The second-order valence-electron chi connectivity index (χ2n) is 15.5. The Balaban J connectivity index is 0.000000162. The van der Waals surface area contributed by atoms with Crippen molar-refractivity contribution in [3.05, 3.63) is 260 Å². The number of hydrogen-bond donors (Lipinski definition) is 2. The third-order valence-electron chi connectivity index (χ3n) is 10.7. The lowest BCUT2D eigenvalue weighted by molar-refractivity contribution is -0.372. The zero-order valence-corrected chi connectivity index (χ0v) is 41.4. The van der Waals surface area contributed by atoms with Crippen molar-refractivity contribution in [2.45, 2.75) is 22.1 Å². The Hall–Kier alpha value is -6.50. The van der Waals surface area contributed by atoms with Crippen LogP contribution in [0.5, 0.6) is 17.2 Å². The summed E-state index contributed by atoms with van der Waals surface area (Å²) >= 11 is 9.28. The van der Waals surface area contributed by atoms with Gasteiger partial charge in [-0.2, -0.15) is 26.3 Å². The van der Waals surface area contributed by atoms with Crippen molar-refractivity contribution in [2.24, 2.45) is 0 Å². The van der Waals surface area contributed by atoms with E-state index in [2.05, 4.69) is 176 Å². The number of rotatable bonds is 12. The molecule has 72 heavy (non-hydrogen) atoms. The van der Waals surface area contributed by atoms with E-state index in [1.807, 2.05) is 84.9 Å². The quantitative estimate of drug-likeness (QED) is 0.0552. The molecule has 5 nitrogen and oxygen atoms in total. The second kappa shape index (κ2) is 24.3. The van der Waals surface area contributed by atoms with Crippen LogP contribution in [0.15, 0.2) is 259 Å². The van der Waals surface area contributed by atoms with Crippen molar-refractivity contribution in [3.63, 3.8) is 0 Å². The van der Waals surface area contributed by atoms with Crippen molar-refractivity contribution in [1.29, 1.82) is 0 Å². The zero-order chi connectivity index (χ0) is 51.2. The number of alkyl halides is 6. The molecule has 0 saturated heterocycles. The molecule has 9 aromatic rings. The highest BCUT2D eigenvalue weighted by molar-refractivity contribution is 7.92. The van der Waals surface area contributed by atoms with E-state index >= 15 is 0 Å². The van der Waals surface area contributed by atoms with Gasteiger partial charge in [-0.3, -0.25) is 0 Å². The first-order valence-corrected chi connectivity index (χ1v) is 26.3. The summed E-state index contributed by atoms with van der Waals surface area (Å²) in [6.45, 7) is 0. The number of para-hydroxylation sites is 2. The van der Waals surface area contributed by atoms with Crippen molar-refractivity contribution < 1.29 is 50.1 Å². The summed E-state index contributed by atoms with van der Waals surface area (Å²) < 4.78 is 91.4. The molecule has 364 valence electrons. The molecular weight excluding hydrogens is 1000 g/mol. The number of benzene rings is 9. The van der Waals surface area contributed by atoms with Crippen LogP contribution >= 0.6 is 40.2 Å². The fourth-order valence-electron chi connectivity index (χ4n) is 7.51. The molecule has 0 aliphatic carbocycles. The maximum absolute atomic E-state index is 12.3. The van der Waals surface area contributed by atoms with E-state index in [9.17, 15) is 36.4 Å². The van der Waals surface area contributed by atoms with Crippen LogP contribution in [0, 0.1) is 0 Å². The highest BCUT2D eigenvalue weighted by Crippen LogP contribution is 2.58. The van der Waals surface area contributed by atoms with E-state index in [0.717, 1.165) is 21.3 Å². The molecule has 0 fully saturated rings. The van der Waals surface area contributed by atoms with E-state index in [1.165, 1.54) is 31.8 Å². The zero-order valence-electron chi connectivity index (χ0n) is 37.8. The first-order chi connectivity index (χ1) is 34.6. The van der Waals surface area contributed by atoms with Crippen LogP contribution in [0.4, 0.5) is 26.3 Å². The summed E-state index contributed by atoms with van der Waals surface area (Å²) in [5, 5.41) is 27.2. The summed E-state index contributed by atoms with van der Waals surface area (Å²) in [6.07, 6.45) is -10.1. The Bertz CT molecular complexity index is 2700. The summed E-state index contributed by atoms with van der Waals surface area (Å²) in [7, 11) is -7.72. The highest BCUT2D eigenvalue weighted by atomic mass is 32.1. The molecular formula is C56H43BF6O5P2S2. The van der Waals surface area contributed by atoms with Gasteiger partial charge in [-0.05, 0) is 115 Å². The molecule has 0 unspecified atom stereocenters. The van der Waals surface area contributed by atoms with Crippen LogP contribution in [-0.4, -0.2) is 7.32 Å². The van der Waals surface area contributed by atoms with E-state index < -0.39 is 51.5 Å². The van der Waals surface area contributed by atoms with Crippen molar-refractivity contribution >= 4 is 79.4 Å². The van der Waals surface area contributed by atoms with Gasteiger partial charge in [0.15, 0.2) is 11.5 Å². The molecule has 0 aromatic heterocycles. The number of hydrogen-bond acceptors (Lipinski definition) is 7. The highest BCUT2D eigenvalue weighted by Gasteiger charge is 2.51. The fraction of sp³-hybridized carbons (Fsp3) is 0.0357. The molecule has 0 spiro atoms. The minimum Gasteiger partial charge on any atom is -0.860 e. The summed E-state index contributed by atoms with van der Waals surface area (Å²) in [6, 6.07) is 79.1. The second-order valence-corrected chi connectivity index (χ2v) is 22.4. The SMILES string of the molecule is Sc1ccccc1O[P+](c1ccccc1)(c1ccccc1)c1ccccc1.Sc1ccccc1O[P+](c1ccccc1)(c1ccccc1)c1ccccc1.[O-]B([O-])Oc1cc(C(F)(F)F)cc(C(F)(F)F)c1. The predicted molar refractivity (Wildman–Crippen MR) is 282 cm³/mol. The summed E-state index contributed by atoms with van der Waals surface area (Å²) in [5.74, 6) is 0.517. The molecule has 0 amide bonds.